The molecule has 0 aliphatic heterocycles. The number of fused-ring (bicyclic) bond motifs is 3. The highest BCUT2D eigenvalue weighted by atomic mass is 16.6. The molecule has 0 saturated carbocycles. The van der Waals surface area contributed by atoms with E-state index in [0.29, 0.717) is 183 Å². The van der Waals surface area contributed by atoms with Gasteiger partial charge >= 0.3 is 5.97 Å². The molecule has 0 aliphatic carbocycles. The number of aromatic nitrogens is 1. The summed E-state index contributed by atoms with van der Waals surface area (Å²) in [6.45, 7) is 11.6. The molecule has 4 rings (SSSR count). The number of nitrogen functional groups attached to an aromatic ring is 1. The lowest BCUT2D eigenvalue weighted by Crippen LogP contribution is -2.37. The van der Waals surface area contributed by atoms with Crippen LogP contribution in [0.3, 0.4) is 0 Å². The van der Waals surface area contributed by atoms with Gasteiger partial charge in [-0.15, -0.1) is 0 Å². The second-order valence-corrected chi connectivity index (χ2v) is 16.2. The monoisotopic (exact) mass is 1030 g/mol. The van der Waals surface area contributed by atoms with Crippen LogP contribution in [-0.2, 0) is 73.0 Å². The van der Waals surface area contributed by atoms with Crippen molar-refractivity contribution in [2.75, 3.05) is 171 Å². The summed E-state index contributed by atoms with van der Waals surface area (Å²) in [7, 11) is 0. The topological polar surface area (TPSA) is 256 Å². The minimum Gasteiger partial charge on any atom is -0.481 e. The van der Waals surface area contributed by atoms with Crippen LogP contribution in [0.5, 0.6) is 0 Å². The SMILES string of the molecule is [N-]=[N+]=Nc1ccc2c3ccc(N)cc3c(-c3ccccc3)[n+](CCCCCC(=O)NCCOCCOCCOCCOCCOCCOCCOCCOCCOCCOCCOCCOCCC(=O)O)c2c1. The molecule has 3 aromatic carbocycles. The largest absolute Gasteiger partial charge is 0.481 e. The van der Waals surface area contributed by atoms with Gasteiger partial charge in [-0.25, -0.2) is 0 Å². The predicted octanol–water partition coefficient (Wildman–Crippen LogP) is 5.82. The number of amides is 1. The molecule has 0 fully saturated rings. The molecule has 0 atom stereocenters. The molecule has 1 aromatic heterocycles. The Morgan fingerprint density at radius 2 is 0.973 bits per heavy atom. The third-order valence-electron chi connectivity index (χ3n) is 10.7. The maximum atomic E-state index is 12.6. The molecule has 4 N–H and O–H groups in total. The molecule has 0 saturated heterocycles. The van der Waals surface area contributed by atoms with Gasteiger partial charge in [0.2, 0.25) is 17.1 Å². The van der Waals surface area contributed by atoms with E-state index in [-0.39, 0.29) is 18.9 Å². The van der Waals surface area contributed by atoms with Crippen LogP contribution >= 0.6 is 0 Å². The van der Waals surface area contributed by atoms with E-state index in [1.54, 1.807) is 0 Å². The minimum atomic E-state index is -0.881. The number of nitrogens with zero attached hydrogens (tertiary/aromatic N) is 4. The summed E-state index contributed by atoms with van der Waals surface area (Å²) in [6.07, 6.45) is 2.87. The molecular weight excluding hydrogens is 949 g/mol. The zero-order valence-corrected chi connectivity index (χ0v) is 42.3. The first-order valence-corrected chi connectivity index (χ1v) is 25.2. The van der Waals surface area contributed by atoms with E-state index in [9.17, 15) is 9.59 Å². The summed E-state index contributed by atoms with van der Waals surface area (Å²) in [4.78, 5) is 26.0. The Bertz CT molecular complexity index is 2150. The Kier molecular flexibility index (Phi) is 33.4. The maximum Gasteiger partial charge on any atom is 0.305 e. The average molecular weight is 1030 g/mol. The highest BCUT2D eigenvalue weighted by molar-refractivity contribution is 6.10. The van der Waals surface area contributed by atoms with E-state index >= 15 is 0 Å². The number of anilines is 1. The summed E-state index contributed by atoms with van der Waals surface area (Å²) in [5.74, 6) is -0.884. The number of carbonyl (C=O) groups is 2. The second-order valence-electron chi connectivity index (χ2n) is 16.2. The van der Waals surface area contributed by atoms with Crippen molar-refractivity contribution in [3.8, 4) is 11.3 Å². The van der Waals surface area contributed by atoms with Gasteiger partial charge in [-0.05, 0) is 48.7 Å². The Labute approximate surface area is 428 Å². The second kappa shape index (κ2) is 40.3. The van der Waals surface area contributed by atoms with Crippen molar-refractivity contribution in [1.82, 2.24) is 5.32 Å². The highest BCUT2D eigenvalue weighted by Crippen LogP contribution is 2.34. The highest BCUT2D eigenvalue weighted by Gasteiger charge is 2.24. The van der Waals surface area contributed by atoms with E-state index in [4.69, 9.17) is 73.2 Å². The number of aliphatic carboxylic acids is 1. The first-order chi connectivity index (χ1) is 36.0. The molecular formula is C52H77N6O15+. The molecule has 21 heteroatoms. The van der Waals surface area contributed by atoms with Crippen LogP contribution in [0.1, 0.15) is 32.1 Å². The standard InChI is InChI=1S/C52H76N6O15/c53-44-10-12-46-47-13-11-45(56-57-54)42-49(47)58(52(48(46)41-44)43-7-3-1-4-8-43)16-6-2-5-9-50(59)55-15-18-63-20-22-65-24-26-67-28-30-69-32-34-71-36-38-73-40-39-72-37-35-70-33-31-68-29-27-66-25-23-64-21-19-62-17-14-51(60)61/h1,3-4,7-8,10-13,41-42H,2,5-6,9,14-40,53H2,(H-,55,59,60,61)/p+1. The third-order valence-corrected chi connectivity index (χ3v) is 10.7. The summed E-state index contributed by atoms with van der Waals surface area (Å²) in [6, 6.07) is 22.0. The summed E-state index contributed by atoms with van der Waals surface area (Å²) < 4.78 is 67.9. The number of ether oxygens (including phenoxy) is 12. The summed E-state index contributed by atoms with van der Waals surface area (Å²) in [5, 5.41) is 18.5. The predicted molar refractivity (Wildman–Crippen MR) is 274 cm³/mol. The van der Waals surface area contributed by atoms with E-state index in [1.165, 1.54) is 0 Å². The van der Waals surface area contributed by atoms with E-state index in [2.05, 4.69) is 32.0 Å². The van der Waals surface area contributed by atoms with Gasteiger partial charge in [-0.3, -0.25) is 9.59 Å². The van der Waals surface area contributed by atoms with Crippen molar-refractivity contribution >= 4 is 44.9 Å². The Morgan fingerprint density at radius 1 is 0.521 bits per heavy atom. The van der Waals surface area contributed by atoms with Crippen molar-refractivity contribution in [1.29, 1.82) is 0 Å². The third kappa shape index (κ3) is 27.1. The molecule has 0 aliphatic rings. The summed E-state index contributed by atoms with van der Waals surface area (Å²) >= 11 is 0. The fourth-order valence-electron chi connectivity index (χ4n) is 7.25. The van der Waals surface area contributed by atoms with Crippen molar-refractivity contribution in [3.63, 3.8) is 0 Å². The smallest absolute Gasteiger partial charge is 0.305 e. The molecule has 0 bridgehead atoms. The number of pyridine rings is 1. The molecule has 21 nitrogen and oxygen atoms in total. The van der Waals surface area contributed by atoms with Crippen LogP contribution in [0, 0.1) is 0 Å². The maximum absolute atomic E-state index is 12.6. The number of nitrogens with one attached hydrogen (secondary N) is 1. The summed E-state index contributed by atoms with van der Waals surface area (Å²) in [5.41, 5.74) is 19.7. The normalized spacial score (nSPS) is 11.4. The van der Waals surface area contributed by atoms with Gasteiger partial charge in [0.05, 0.1) is 176 Å². The first-order valence-electron chi connectivity index (χ1n) is 25.2. The zero-order chi connectivity index (χ0) is 51.7. The van der Waals surface area contributed by atoms with E-state index in [0.717, 1.165) is 52.2 Å². The number of hydrogen-bond acceptors (Lipinski definition) is 16. The molecule has 1 heterocycles. The van der Waals surface area contributed by atoms with Gasteiger partial charge in [0.1, 0.15) is 6.54 Å². The van der Waals surface area contributed by atoms with Crippen LogP contribution in [0.4, 0.5) is 11.4 Å². The zero-order valence-electron chi connectivity index (χ0n) is 42.3. The van der Waals surface area contributed by atoms with Crippen molar-refractivity contribution in [3.05, 3.63) is 77.2 Å². The van der Waals surface area contributed by atoms with Crippen LogP contribution in [0.15, 0.2) is 71.8 Å². The van der Waals surface area contributed by atoms with Crippen LogP contribution in [-0.4, -0.2) is 182 Å². The number of carbonyl (C=O) groups excluding carboxylic acids is 1. The average Bonchev–Trinajstić information content (AvgIpc) is 3.39. The van der Waals surface area contributed by atoms with Gasteiger partial charge in [0, 0.05) is 52.7 Å². The van der Waals surface area contributed by atoms with Gasteiger partial charge in [-0.2, -0.15) is 4.57 Å². The number of carboxylic acid groups (broad SMARTS) is 1. The molecule has 73 heavy (non-hydrogen) atoms. The number of benzene rings is 3. The van der Waals surface area contributed by atoms with Crippen LogP contribution in [0.2, 0.25) is 0 Å². The van der Waals surface area contributed by atoms with Crippen molar-refractivity contribution in [2.24, 2.45) is 5.11 Å². The van der Waals surface area contributed by atoms with Gasteiger partial charge < -0.3 is 73.0 Å². The molecule has 0 radical (unpaired) electrons. The Hall–Kier alpha value is -5.10. The number of azide groups is 1. The minimum absolute atomic E-state index is 0.00289. The number of hydrogen-bond donors (Lipinski definition) is 3. The fourth-order valence-corrected chi connectivity index (χ4v) is 7.25. The Morgan fingerprint density at radius 3 is 1.44 bits per heavy atom. The Balaban J connectivity index is 0.863. The molecule has 404 valence electrons. The van der Waals surface area contributed by atoms with Crippen molar-refractivity contribution < 1.29 is 76.1 Å². The van der Waals surface area contributed by atoms with Crippen LogP contribution < -0.4 is 15.6 Å². The quantitative estimate of drug-likeness (QED) is 0.00896. The lowest BCUT2D eigenvalue weighted by molar-refractivity contribution is -0.659. The fraction of sp³-hybridized carbons (Fsp3) is 0.596. The van der Waals surface area contributed by atoms with Gasteiger partial charge in [0.15, 0.2) is 0 Å². The van der Waals surface area contributed by atoms with Gasteiger partial charge in [0.25, 0.3) is 0 Å². The van der Waals surface area contributed by atoms with E-state index in [1.807, 2.05) is 54.6 Å². The van der Waals surface area contributed by atoms with Crippen molar-refractivity contribution in [2.45, 2.75) is 38.6 Å². The number of nitrogens with two attached hydrogens (primary N) is 1. The number of aryl methyl sites for hydroxylation is 1. The number of carboxylic acids is 1. The number of unbranched alkanes of at least 4 members (excludes halogenated alkanes) is 2. The first kappa shape index (κ1) is 60.5. The van der Waals surface area contributed by atoms with Gasteiger partial charge in [-0.1, -0.05) is 35.4 Å². The van der Waals surface area contributed by atoms with E-state index < -0.39 is 5.97 Å². The molecule has 4 aromatic rings. The lowest BCUT2D eigenvalue weighted by Gasteiger charge is -2.13. The molecule has 1 amide bonds. The molecule has 0 spiro atoms. The van der Waals surface area contributed by atoms with Crippen LogP contribution in [0.25, 0.3) is 43.4 Å². The number of rotatable bonds is 47. The molecule has 0 unspecified atom stereocenters. The lowest BCUT2D eigenvalue weighted by atomic mass is 9.98.